The van der Waals surface area contributed by atoms with Crippen LogP contribution < -0.4 is 0 Å². The Labute approximate surface area is 138 Å². The summed E-state index contributed by atoms with van der Waals surface area (Å²) in [6, 6.07) is 5.39. The fraction of sp³-hybridized carbons (Fsp3) is 0.588. The Morgan fingerprint density at radius 3 is 2.70 bits per heavy atom. The zero-order valence-corrected chi connectivity index (χ0v) is 14.6. The molecule has 2 aliphatic heterocycles. The Morgan fingerprint density at radius 1 is 1.22 bits per heavy atom. The number of piperidine rings is 1. The van der Waals surface area contributed by atoms with Crippen molar-refractivity contribution in [3.63, 3.8) is 0 Å². The molecule has 0 radical (unpaired) electrons. The quantitative estimate of drug-likeness (QED) is 0.830. The highest BCUT2D eigenvalue weighted by Crippen LogP contribution is 2.27. The normalized spacial score (nSPS) is 22.7. The van der Waals surface area contributed by atoms with Gasteiger partial charge in [0.2, 0.25) is 15.9 Å². The summed E-state index contributed by atoms with van der Waals surface area (Å²) in [5.41, 5.74) is 2.10. The molecule has 0 spiro atoms. The highest BCUT2D eigenvalue weighted by molar-refractivity contribution is 7.89. The molecule has 1 fully saturated rings. The van der Waals surface area contributed by atoms with Crippen LogP contribution in [0.25, 0.3) is 0 Å². The molecule has 1 atom stereocenters. The van der Waals surface area contributed by atoms with Crippen molar-refractivity contribution in [3.8, 4) is 0 Å². The topological polar surface area (TPSA) is 57.7 Å². The molecular formula is C17H24N2O3S. The Hall–Kier alpha value is -1.40. The van der Waals surface area contributed by atoms with Crippen molar-refractivity contribution in [2.24, 2.45) is 5.92 Å². The molecule has 2 heterocycles. The zero-order valence-electron chi connectivity index (χ0n) is 13.8. The summed E-state index contributed by atoms with van der Waals surface area (Å²) in [6.07, 6.45) is 2.79. The highest BCUT2D eigenvalue weighted by atomic mass is 32.2. The fourth-order valence-electron chi connectivity index (χ4n) is 3.48. The van der Waals surface area contributed by atoms with Gasteiger partial charge >= 0.3 is 0 Å². The van der Waals surface area contributed by atoms with Crippen LogP contribution in [0.2, 0.25) is 0 Å². The first-order valence-corrected chi connectivity index (χ1v) is 9.69. The minimum atomic E-state index is -3.44. The average molecular weight is 336 g/mol. The molecule has 5 nitrogen and oxygen atoms in total. The van der Waals surface area contributed by atoms with E-state index in [1.165, 1.54) is 0 Å². The second kappa shape index (κ2) is 6.24. The number of benzene rings is 1. The van der Waals surface area contributed by atoms with Crippen molar-refractivity contribution in [3.05, 3.63) is 29.3 Å². The third kappa shape index (κ3) is 3.28. The van der Waals surface area contributed by atoms with E-state index < -0.39 is 10.0 Å². The predicted octanol–water partition coefficient (Wildman–Crippen LogP) is 2.01. The van der Waals surface area contributed by atoms with Crippen molar-refractivity contribution in [1.29, 1.82) is 0 Å². The van der Waals surface area contributed by atoms with Gasteiger partial charge in [0.1, 0.15) is 0 Å². The van der Waals surface area contributed by atoms with E-state index in [4.69, 9.17) is 0 Å². The maximum absolute atomic E-state index is 12.9. The molecule has 3 rings (SSSR count). The van der Waals surface area contributed by atoms with Crippen molar-refractivity contribution in [2.45, 2.75) is 44.6 Å². The van der Waals surface area contributed by atoms with Crippen LogP contribution in [0.15, 0.2) is 23.1 Å². The first-order chi connectivity index (χ1) is 10.9. The van der Waals surface area contributed by atoms with Gasteiger partial charge in [0.05, 0.1) is 4.90 Å². The van der Waals surface area contributed by atoms with Gasteiger partial charge in [-0.15, -0.1) is 0 Å². The number of sulfonamides is 1. The molecule has 0 aliphatic carbocycles. The van der Waals surface area contributed by atoms with Crippen LogP contribution in [0.1, 0.15) is 37.8 Å². The minimum absolute atomic E-state index is 0.0359. The molecule has 2 aliphatic rings. The third-order valence-corrected chi connectivity index (χ3v) is 6.75. The molecule has 1 aromatic carbocycles. The Kier molecular flexibility index (Phi) is 4.47. The first-order valence-electron chi connectivity index (χ1n) is 8.25. The molecule has 1 saturated heterocycles. The van der Waals surface area contributed by atoms with Crippen molar-refractivity contribution in [1.82, 2.24) is 9.21 Å². The zero-order chi connectivity index (χ0) is 16.6. The Balaban J connectivity index is 1.89. The summed E-state index contributed by atoms with van der Waals surface area (Å²) in [7, 11) is -3.44. The molecule has 0 N–H and O–H groups in total. The summed E-state index contributed by atoms with van der Waals surface area (Å²) in [5, 5.41) is 0. The van der Waals surface area contributed by atoms with Gasteiger partial charge in [0, 0.05) is 33.1 Å². The monoisotopic (exact) mass is 336 g/mol. The average Bonchev–Trinajstić information content (AvgIpc) is 2.53. The molecule has 0 unspecified atom stereocenters. The number of nitrogens with zero attached hydrogens (tertiary/aromatic N) is 2. The fourth-order valence-corrected chi connectivity index (χ4v) is 5.13. The van der Waals surface area contributed by atoms with Gasteiger partial charge in [0.15, 0.2) is 0 Å². The lowest BCUT2D eigenvalue weighted by atomic mass is 10.00. The SMILES string of the molecule is CC(=O)N1CCc2ccc(S(=O)(=O)N3CCC[C@@H](C)C3)cc2C1. The maximum atomic E-state index is 12.9. The van der Waals surface area contributed by atoms with E-state index in [0.29, 0.717) is 37.0 Å². The van der Waals surface area contributed by atoms with Crippen molar-refractivity contribution >= 4 is 15.9 Å². The van der Waals surface area contributed by atoms with Gasteiger partial charge in [0.25, 0.3) is 0 Å². The Bertz CT molecular complexity index is 715. The van der Waals surface area contributed by atoms with Crippen LogP contribution >= 0.6 is 0 Å². The summed E-state index contributed by atoms with van der Waals surface area (Å²) >= 11 is 0. The largest absolute Gasteiger partial charge is 0.338 e. The van der Waals surface area contributed by atoms with E-state index in [2.05, 4.69) is 6.92 Å². The number of carbonyl (C=O) groups excluding carboxylic acids is 1. The molecule has 23 heavy (non-hydrogen) atoms. The summed E-state index contributed by atoms with van der Waals surface area (Å²) in [4.78, 5) is 13.7. The lowest BCUT2D eigenvalue weighted by molar-refractivity contribution is -0.129. The van der Waals surface area contributed by atoms with Crippen LogP contribution in [-0.4, -0.2) is 43.2 Å². The number of hydrogen-bond acceptors (Lipinski definition) is 3. The van der Waals surface area contributed by atoms with Crippen LogP contribution in [0.3, 0.4) is 0 Å². The van der Waals surface area contributed by atoms with Gasteiger partial charge in [-0.25, -0.2) is 8.42 Å². The first kappa shape index (κ1) is 16.5. The molecule has 6 heteroatoms. The summed E-state index contributed by atoms with van der Waals surface area (Å²) < 4.78 is 27.4. The molecule has 1 aromatic rings. The lowest BCUT2D eigenvalue weighted by Gasteiger charge is -2.31. The van der Waals surface area contributed by atoms with Crippen LogP contribution in [0.5, 0.6) is 0 Å². The van der Waals surface area contributed by atoms with E-state index in [9.17, 15) is 13.2 Å². The second-order valence-corrected chi connectivity index (χ2v) is 8.67. The minimum Gasteiger partial charge on any atom is -0.338 e. The van der Waals surface area contributed by atoms with Gasteiger partial charge in [-0.3, -0.25) is 4.79 Å². The van der Waals surface area contributed by atoms with E-state index in [1.54, 1.807) is 28.3 Å². The predicted molar refractivity (Wildman–Crippen MR) is 88.4 cm³/mol. The second-order valence-electron chi connectivity index (χ2n) is 6.73. The van der Waals surface area contributed by atoms with Crippen LogP contribution in [0.4, 0.5) is 0 Å². The third-order valence-electron chi connectivity index (χ3n) is 4.89. The van der Waals surface area contributed by atoms with E-state index in [0.717, 1.165) is 30.4 Å². The van der Waals surface area contributed by atoms with Gasteiger partial charge < -0.3 is 4.90 Å². The van der Waals surface area contributed by atoms with E-state index in [1.807, 2.05) is 6.07 Å². The van der Waals surface area contributed by atoms with Crippen LogP contribution in [0, 0.1) is 5.92 Å². The van der Waals surface area contributed by atoms with Gasteiger partial charge in [-0.2, -0.15) is 4.31 Å². The number of carbonyl (C=O) groups is 1. The molecule has 1 amide bonds. The van der Waals surface area contributed by atoms with E-state index in [-0.39, 0.29) is 5.91 Å². The summed E-state index contributed by atoms with van der Waals surface area (Å²) in [5.74, 6) is 0.443. The lowest BCUT2D eigenvalue weighted by Crippen LogP contribution is -2.39. The van der Waals surface area contributed by atoms with Gasteiger partial charge in [-0.1, -0.05) is 13.0 Å². The van der Waals surface area contributed by atoms with E-state index >= 15 is 0 Å². The molecule has 0 bridgehead atoms. The van der Waals surface area contributed by atoms with Crippen molar-refractivity contribution in [2.75, 3.05) is 19.6 Å². The van der Waals surface area contributed by atoms with Crippen molar-refractivity contribution < 1.29 is 13.2 Å². The number of fused-ring (bicyclic) bond motifs is 1. The number of hydrogen-bond donors (Lipinski definition) is 0. The molecule has 0 aromatic heterocycles. The van der Waals surface area contributed by atoms with Crippen LogP contribution in [-0.2, 0) is 27.8 Å². The number of rotatable bonds is 2. The number of amides is 1. The molecular weight excluding hydrogens is 312 g/mol. The highest BCUT2D eigenvalue weighted by Gasteiger charge is 2.29. The smallest absolute Gasteiger partial charge is 0.243 e. The maximum Gasteiger partial charge on any atom is 0.243 e. The molecule has 0 saturated carbocycles. The summed E-state index contributed by atoms with van der Waals surface area (Å²) in [6.45, 7) is 6.06. The standard InChI is InChI=1S/C17H24N2O3S/c1-13-4-3-8-19(11-13)23(21,22)17-6-5-15-7-9-18(14(2)20)12-16(15)10-17/h5-6,10,13H,3-4,7-9,11-12H2,1-2H3/t13-/m1/s1. The Morgan fingerprint density at radius 2 is 2.00 bits per heavy atom. The molecule has 126 valence electrons. The van der Waals surface area contributed by atoms with Gasteiger partial charge in [-0.05, 0) is 48.4 Å².